The lowest BCUT2D eigenvalue weighted by Gasteiger charge is -2.13. The molecule has 1 heterocycles. The van der Waals surface area contributed by atoms with Crippen LogP contribution in [0.3, 0.4) is 0 Å². The van der Waals surface area contributed by atoms with Gasteiger partial charge in [-0.1, -0.05) is 17.7 Å². The van der Waals surface area contributed by atoms with Crippen molar-refractivity contribution in [2.24, 2.45) is 0 Å². The first kappa shape index (κ1) is 17.0. The van der Waals surface area contributed by atoms with Crippen LogP contribution in [0.5, 0.6) is 0 Å². The second kappa shape index (κ2) is 7.23. The Morgan fingerprint density at radius 3 is 2.77 bits per heavy atom. The van der Waals surface area contributed by atoms with Crippen molar-refractivity contribution in [3.8, 4) is 0 Å². The van der Waals surface area contributed by atoms with E-state index >= 15 is 0 Å². The number of hydrogen-bond acceptors (Lipinski definition) is 4. The molecule has 0 fully saturated rings. The van der Waals surface area contributed by atoms with Crippen molar-refractivity contribution in [3.63, 3.8) is 0 Å². The molecule has 6 nitrogen and oxygen atoms in total. The number of nitrogens with one attached hydrogen (secondary N) is 3. The van der Waals surface area contributed by atoms with Crippen LogP contribution in [0, 0.1) is 6.92 Å². The molecule has 22 heavy (non-hydrogen) atoms. The Morgan fingerprint density at radius 2 is 2.14 bits per heavy atom. The molecule has 0 spiro atoms. The molecule has 0 saturated heterocycles. The summed E-state index contributed by atoms with van der Waals surface area (Å²) in [5.74, 6) is 0. The van der Waals surface area contributed by atoms with Gasteiger partial charge in [-0.2, -0.15) is 5.10 Å². The van der Waals surface area contributed by atoms with Gasteiger partial charge in [-0.15, -0.1) is 0 Å². The average Bonchev–Trinajstić information content (AvgIpc) is 2.90. The lowest BCUT2D eigenvalue weighted by atomic mass is 10.1. The average molecular weight is 343 g/mol. The number of sulfonamides is 1. The van der Waals surface area contributed by atoms with E-state index in [1.54, 1.807) is 18.3 Å². The summed E-state index contributed by atoms with van der Waals surface area (Å²) >= 11 is 5.81. The van der Waals surface area contributed by atoms with Gasteiger partial charge in [0.15, 0.2) is 0 Å². The Morgan fingerprint density at radius 1 is 1.36 bits per heavy atom. The molecule has 2 aromatic rings. The van der Waals surface area contributed by atoms with Gasteiger partial charge in [0.1, 0.15) is 0 Å². The molecule has 3 N–H and O–H groups in total. The fourth-order valence-electron chi connectivity index (χ4n) is 2.10. The third-order valence-electron chi connectivity index (χ3n) is 3.31. The number of aryl methyl sites for hydroxylation is 1. The number of halogens is 1. The molecular formula is C14H19ClN4O2S. The largest absolute Gasteiger partial charge is 0.309 e. The second-order valence-electron chi connectivity index (χ2n) is 4.98. The number of rotatable bonds is 7. The van der Waals surface area contributed by atoms with Crippen LogP contribution in [0.1, 0.15) is 24.2 Å². The van der Waals surface area contributed by atoms with E-state index < -0.39 is 10.0 Å². The maximum Gasteiger partial charge on any atom is 0.240 e. The van der Waals surface area contributed by atoms with Crippen molar-refractivity contribution >= 4 is 21.6 Å². The molecule has 0 aliphatic rings. The van der Waals surface area contributed by atoms with Crippen LogP contribution in [-0.4, -0.2) is 31.7 Å². The zero-order valence-corrected chi connectivity index (χ0v) is 14.0. The van der Waals surface area contributed by atoms with Crippen LogP contribution in [-0.2, 0) is 10.0 Å². The minimum atomic E-state index is -3.54. The first-order valence-electron chi connectivity index (χ1n) is 6.88. The van der Waals surface area contributed by atoms with Gasteiger partial charge in [-0.05, 0) is 32.0 Å². The third kappa shape index (κ3) is 4.30. The molecule has 1 aromatic heterocycles. The highest BCUT2D eigenvalue weighted by molar-refractivity contribution is 7.89. The summed E-state index contributed by atoms with van der Waals surface area (Å²) in [6.45, 7) is 4.74. The number of benzene rings is 1. The van der Waals surface area contributed by atoms with Gasteiger partial charge < -0.3 is 5.32 Å². The van der Waals surface area contributed by atoms with Crippen molar-refractivity contribution in [3.05, 3.63) is 46.7 Å². The third-order valence-corrected chi connectivity index (χ3v) is 5.00. The molecule has 1 aromatic carbocycles. The van der Waals surface area contributed by atoms with E-state index in [1.807, 2.05) is 13.8 Å². The summed E-state index contributed by atoms with van der Waals surface area (Å²) < 4.78 is 26.7. The van der Waals surface area contributed by atoms with Crippen molar-refractivity contribution in [1.82, 2.24) is 20.2 Å². The Hall–Kier alpha value is -1.41. The molecule has 0 saturated carbocycles. The summed E-state index contributed by atoms with van der Waals surface area (Å²) in [7, 11) is -3.54. The predicted octanol–water partition coefficient (Wildman–Crippen LogP) is 2.00. The van der Waals surface area contributed by atoms with Crippen molar-refractivity contribution < 1.29 is 8.42 Å². The monoisotopic (exact) mass is 342 g/mol. The first-order chi connectivity index (χ1) is 10.4. The Labute approximate surface area is 135 Å². The van der Waals surface area contributed by atoms with Crippen LogP contribution in [0.2, 0.25) is 5.02 Å². The van der Waals surface area contributed by atoms with E-state index in [2.05, 4.69) is 20.2 Å². The minimum Gasteiger partial charge on any atom is -0.309 e. The van der Waals surface area contributed by atoms with Gasteiger partial charge in [0, 0.05) is 35.4 Å². The van der Waals surface area contributed by atoms with Gasteiger partial charge in [-0.3, -0.25) is 5.10 Å². The van der Waals surface area contributed by atoms with Crippen LogP contribution in [0.25, 0.3) is 0 Å². The number of aromatic amines is 1. The number of H-pyrrole nitrogens is 1. The van der Waals surface area contributed by atoms with Gasteiger partial charge in [-0.25, -0.2) is 13.1 Å². The highest BCUT2D eigenvalue weighted by Crippen LogP contribution is 2.15. The van der Waals surface area contributed by atoms with E-state index in [-0.39, 0.29) is 17.5 Å². The van der Waals surface area contributed by atoms with Crippen LogP contribution < -0.4 is 10.0 Å². The van der Waals surface area contributed by atoms with E-state index in [0.29, 0.717) is 11.6 Å². The molecule has 0 amide bonds. The summed E-state index contributed by atoms with van der Waals surface area (Å²) in [5, 5.41) is 10.5. The number of aromatic nitrogens is 2. The summed E-state index contributed by atoms with van der Waals surface area (Å²) in [5.41, 5.74) is 2.07. The molecule has 2 rings (SSSR count). The highest BCUT2D eigenvalue weighted by Gasteiger charge is 2.14. The number of hydrogen-bond donors (Lipinski definition) is 3. The summed E-state index contributed by atoms with van der Waals surface area (Å²) in [4.78, 5) is 0.165. The van der Waals surface area contributed by atoms with E-state index in [9.17, 15) is 8.42 Å². The number of nitrogens with zero attached hydrogens (tertiary/aromatic N) is 1. The molecule has 0 bridgehead atoms. The molecule has 1 atom stereocenters. The van der Waals surface area contributed by atoms with Crippen LogP contribution in [0.15, 0.2) is 35.4 Å². The quantitative estimate of drug-likeness (QED) is 0.672. The van der Waals surface area contributed by atoms with Gasteiger partial charge in [0.25, 0.3) is 0 Å². The lowest BCUT2D eigenvalue weighted by Crippen LogP contribution is -2.33. The zero-order valence-electron chi connectivity index (χ0n) is 12.4. The van der Waals surface area contributed by atoms with E-state index in [1.165, 1.54) is 12.1 Å². The normalized spacial score (nSPS) is 13.2. The Kier molecular flexibility index (Phi) is 5.57. The van der Waals surface area contributed by atoms with Crippen LogP contribution >= 0.6 is 11.6 Å². The smallest absolute Gasteiger partial charge is 0.240 e. The second-order valence-corrected chi connectivity index (χ2v) is 7.18. The lowest BCUT2D eigenvalue weighted by molar-refractivity contribution is 0.552. The maximum absolute atomic E-state index is 12.1. The summed E-state index contributed by atoms with van der Waals surface area (Å²) in [6, 6.07) is 6.28. The van der Waals surface area contributed by atoms with Gasteiger partial charge in [0.05, 0.1) is 11.1 Å². The molecule has 120 valence electrons. The maximum atomic E-state index is 12.1. The van der Waals surface area contributed by atoms with Gasteiger partial charge in [0.2, 0.25) is 10.0 Å². The van der Waals surface area contributed by atoms with Crippen molar-refractivity contribution in [1.29, 1.82) is 0 Å². The SMILES string of the molecule is Cc1[nH]ncc1[C@H](C)NCCNS(=O)(=O)c1cccc(Cl)c1. The molecule has 0 radical (unpaired) electrons. The van der Waals surface area contributed by atoms with Crippen LogP contribution in [0.4, 0.5) is 0 Å². The Bertz CT molecular complexity index is 730. The molecule has 8 heteroatoms. The zero-order chi connectivity index (χ0) is 16.2. The predicted molar refractivity (Wildman–Crippen MR) is 86.4 cm³/mol. The van der Waals surface area contributed by atoms with E-state index in [0.717, 1.165) is 11.3 Å². The Balaban J connectivity index is 1.85. The highest BCUT2D eigenvalue weighted by atomic mass is 35.5. The standard InChI is InChI=1S/C14H19ClN4O2S/c1-10(14-9-17-19-11(14)2)16-6-7-18-22(20,21)13-5-3-4-12(15)8-13/h3-5,8-10,16,18H,6-7H2,1-2H3,(H,17,19)/t10-/m0/s1. The van der Waals surface area contributed by atoms with Gasteiger partial charge >= 0.3 is 0 Å². The molecular weight excluding hydrogens is 324 g/mol. The molecule has 0 aliphatic carbocycles. The summed E-state index contributed by atoms with van der Waals surface area (Å²) in [6.07, 6.45) is 1.77. The van der Waals surface area contributed by atoms with Crippen molar-refractivity contribution in [2.75, 3.05) is 13.1 Å². The first-order valence-corrected chi connectivity index (χ1v) is 8.75. The fraction of sp³-hybridized carbons (Fsp3) is 0.357. The topological polar surface area (TPSA) is 86.9 Å². The molecule has 0 aliphatic heterocycles. The van der Waals surface area contributed by atoms with E-state index in [4.69, 9.17) is 11.6 Å². The molecule has 0 unspecified atom stereocenters. The fourth-order valence-corrected chi connectivity index (χ4v) is 3.43. The minimum absolute atomic E-state index is 0.0921. The van der Waals surface area contributed by atoms with Crippen molar-refractivity contribution in [2.45, 2.75) is 24.8 Å².